The van der Waals surface area contributed by atoms with Crippen molar-refractivity contribution in [3.63, 3.8) is 0 Å². The maximum atomic E-state index is 12.7. The Morgan fingerprint density at radius 2 is 1.62 bits per heavy atom. The summed E-state index contributed by atoms with van der Waals surface area (Å²) in [7, 11) is 0. The fraction of sp³-hybridized carbons (Fsp3) is 0.111. The Labute approximate surface area is 142 Å². The molecule has 0 aliphatic carbocycles. The van der Waals surface area contributed by atoms with Crippen molar-refractivity contribution in [3.05, 3.63) is 65.2 Å². The lowest BCUT2D eigenvalue weighted by molar-refractivity contribution is -0.0505. The second-order valence-electron chi connectivity index (χ2n) is 5.49. The van der Waals surface area contributed by atoms with E-state index < -0.39 is 12.8 Å². The molecule has 0 saturated carbocycles. The molecule has 3 nitrogen and oxygen atoms in total. The van der Waals surface area contributed by atoms with Gasteiger partial charge in [-0.3, -0.25) is 0 Å². The lowest BCUT2D eigenvalue weighted by atomic mass is 10.0. The van der Waals surface area contributed by atoms with Crippen molar-refractivity contribution in [1.82, 2.24) is 0 Å². The van der Waals surface area contributed by atoms with Crippen LogP contribution in [-0.2, 0) is 0 Å². The summed E-state index contributed by atoms with van der Waals surface area (Å²) in [5.41, 5.74) is 2.37. The monoisotopic (exact) mass is 346 g/mol. The lowest BCUT2D eigenvalue weighted by Gasteiger charge is -2.30. The topological polar surface area (TPSA) is 33.3 Å². The first kappa shape index (κ1) is 15.0. The summed E-state index contributed by atoms with van der Waals surface area (Å²) in [4.78, 5) is 0. The number of halogens is 3. The molecule has 0 saturated heterocycles. The van der Waals surface area contributed by atoms with Gasteiger partial charge in [-0.1, -0.05) is 35.9 Å². The van der Waals surface area contributed by atoms with Crippen molar-refractivity contribution in [1.29, 1.82) is 0 Å². The largest absolute Gasteiger partial charge is 0.434 e. The quantitative estimate of drug-likeness (QED) is 0.644. The van der Waals surface area contributed by atoms with Gasteiger partial charge in [0.25, 0.3) is 0 Å². The highest BCUT2D eigenvalue weighted by atomic mass is 35.5. The molecule has 1 heterocycles. The van der Waals surface area contributed by atoms with Gasteiger partial charge in [-0.2, -0.15) is 8.78 Å². The highest BCUT2D eigenvalue weighted by Gasteiger charge is 2.24. The zero-order valence-corrected chi connectivity index (χ0v) is 13.1. The molecule has 1 aliphatic rings. The molecule has 0 bridgehead atoms. The summed E-state index contributed by atoms with van der Waals surface area (Å²) in [6.07, 6.45) is -0.432. The Balaban J connectivity index is 1.79. The van der Waals surface area contributed by atoms with Crippen molar-refractivity contribution < 1.29 is 13.5 Å². The van der Waals surface area contributed by atoms with E-state index in [9.17, 15) is 8.78 Å². The normalized spacial score (nSPS) is 13.7. The summed E-state index contributed by atoms with van der Waals surface area (Å²) < 4.78 is 30.0. The zero-order chi connectivity index (χ0) is 16.7. The van der Waals surface area contributed by atoms with Crippen LogP contribution in [0.3, 0.4) is 0 Å². The van der Waals surface area contributed by atoms with Gasteiger partial charge in [0.15, 0.2) is 0 Å². The molecule has 0 radical (unpaired) electrons. The van der Waals surface area contributed by atoms with Gasteiger partial charge in [0.2, 0.25) is 0 Å². The highest BCUT2D eigenvalue weighted by molar-refractivity contribution is 6.30. The smallest absolute Gasteiger partial charge is 0.387 e. The van der Waals surface area contributed by atoms with Crippen molar-refractivity contribution in [2.45, 2.75) is 12.8 Å². The minimum absolute atomic E-state index is 0.0888. The Bertz CT molecular complexity index is 876. The molecule has 2 N–H and O–H groups in total. The minimum atomic E-state index is -2.90. The van der Waals surface area contributed by atoms with Crippen LogP contribution in [0.5, 0.6) is 5.75 Å². The van der Waals surface area contributed by atoms with E-state index in [0.717, 1.165) is 22.1 Å². The maximum absolute atomic E-state index is 12.7. The van der Waals surface area contributed by atoms with Crippen LogP contribution in [0.25, 0.3) is 10.8 Å². The van der Waals surface area contributed by atoms with Crippen LogP contribution in [-0.4, -0.2) is 6.61 Å². The third-order valence-corrected chi connectivity index (χ3v) is 4.24. The summed E-state index contributed by atoms with van der Waals surface area (Å²) >= 11 is 6.06. The second-order valence-corrected chi connectivity index (χ2v) is 5.93. The van der Waals surface area contributed by atoms with Crippen molar-refractivity contribution in [2.75, 3.05) is 10.6 Å². The minimum Gasteiger partial charge on any atom is -0.434 e. The van der Waals surface area contributed by atoms with E-state index in [1.807, 2.05) is 36.4 Å². The zero-order valence-electron chi connectivity index (χ0n) is 12.4. The van der Waals surface area contributed by atoms with Crippen LogP contribution in [0.4, 0.5) is 20.2 Å². The highest BCUT2D eigenvalue weighted by Crippen LogP contribution is 2.41. The van der Waals surface area contributed by atoms with Crippen LogP contribution in [0, 0.1) is 0 Å². The fourth-order valence-corrected chi connectivity index (χ4v) is 3.21. The van der Waals surface area contributed by atoms with Gasteiger partial charge in [-0.25, -0.2) is 0 Å². The first-order chi connectivity index (χ1) is 11.6. The van der Waals surface area contributed by atoms with E-state index in [2.05, 4.69) is 15.4 Å². The van der Waals surface area contributed by atoms with Crippen LogP contribution >= 0.6 is 11.6 Å². The molecule has 0 unspecified atom stereocenters. The van der Waals surface area contributed by atoms with Gasteiger partial charge in [-0.05, 0) is 35.7 Å². The van der Waals surface area contributed by atoms with Gasteiger partial charge in [0.05, 0.1) is 0 Å². The Hall–Kier alpha value is -2.53. The number of nitrogens with one attached hydrogen (secondary N) is 2. The predicted octanol–water partition coefficient (Wildman–Crippen LogP) is 5.63. The third kappa shape index (κ3) is 2.61. The molecule has 1 aliphatic heterocycles. The fourth-order valence-electron chi connectivity index (χ4n) is 3.03. The summed E-state index contributed by atoms with van der Waals surface area (Å²) in [6, 6.07) is 16.5. The van der Waals surface area contributed by atoms with Crippen molar-refractivity contribution in [2.24, 2.45) is 0 Å². The molecule has 0 fully saturated rings. The average Bonchev–Trinajstić information content (AvgIpc) is 2.56. The average molecular weight is 347 g/mol. The van der Waals surface area contributed by atoms with E-state index in [1.165, 1.54) is 12.1 Å². The lowest BCUT2D eigenvalue weighted by Crippen LogP contribution is -2.24. The van der Waals surface area contributed by atoms with Crippen LogP contribution in [0.2, 0.25) is 5.02 Å². The predicted molar refractivity (Wildman–Crippen MR) is 92.0 cm³/mol. The first-order valence-corrected chi connectivity index (χ1v) is 7.79. The van der Waals surface area contributed by atoms with Gasteiger partial charge in [0.1, 0.15) is 11.9 Å². The summed E-state index contributed by atoms with van der Waals surface area (Å²) in [5, 5.41) is 9.26. The van der Waals surface area contributed by atoms with E-state index in [-0.39, 0.29) is 5.75 Å². The second kappa shape index (κ2) is 5.83. The molecule has 4 rings (SSSR count). The van der Waals surface area contributed by atoms with E-state index in [0.29, 0.717) is 10.6 Å². The van der Waals surface area contributed by atoms with Crippen LogP contribution in [0.15, 0.2) is 54.6 Å². The van der Waals surface area contributed by atoms with E-state index >= 15 is 0 Å². The van der Waals surface area contributed by atoms with Gasteiger partial charge < -0.3 is 15.4 Å². The third-order valence-electron chi connectivity index (χ3n) is 4.00. The number of alkyl halides is 2. The van der Waals surface area contributed by atoms with Gasteiger partial charge >= 0.3 is 6.61 Å². The molecular formula is C18H13ClF2N2O. The van der Waals surface area contributed by atoms with Crippen LogP contribution < -0.4 is 15.4 Å². The number of hydrogen-bond acceptors (Lipinski definition) is 3. The number of rotatable bonds is 3. The summed E-state index contributed by atoms with van der Waals surface area (Å²) in [6.45, 7) is -2.90. The molecule has 24 heavy (non-hydrogen) atoms. The number of ether oxygens (including phenoxy) is 1. The Morgan fingerprint density at radius 1 is 0.958 bits per heavy atom. The summed E-state index contributed by atoms with van der Waals surface area (Å²) in [5.74, 6) is 0.0888. The van der Waals surface area contributed by atoms with Crippen molar-refractivity contribution in [3.8, 4) is 5.75 Å². The number of benzene rings is 3. The molecule has 3 aromatic carbocycles. The molecule has 0 spiro atoms. The number of anilines is 2. The molecule has 3 aromatic rings. The standard InChI is InChI=1S/C18H13ClF2N2O/c19-11-7-8-15(24-18(20)21)12(9-11)17-22-13-5-1-3-10-4-2-6-14(23-17)16(10)13/h1-9,17-18,22-23H. The maximum Gasteiger partial charge on any atom is 0.387 e. The van der Waals surface area contributed by atoms with Crippen LogP contribution in [0.1, 0.15) is 11.7 Å². The molecule has 122 valence electrons. The molecule has 0 amide bonds. The van der Waals surface area contributed by atoms with Gasteiger partial charge in [-0.15, -0.1) is 0 Å². The first-order valence-electron chi connectivity index (χ1n) is 7.41. The Morgan fingerprint density at radius 3 is 2.25 bits per heavy atom. The van der Waals surface area contributed by atoms with Crippen molar-refractivity contribution >= 4 is 33.7 Å². The number of hydrogen-bond donors (Lipinski definition) is 2. The molecule has 6 heteroatoms. The molecular weight excluding hydrogens is 334 g/mol. The Kier molecular flexibility index (Phi) is 3.65. The van der Waals surface area contributed by atoms with E-state index in [4.69, 9.17) is 11.6 Å². The van der Waals surface area contributed by atoms with Gasteiger partial charge in [0, 0.05) is 27.3 Å². The molecule has 0 aromatic heterocycles. The SMILES string of the molecule is FC(F)Oc1ccc(Cl)cc1C1Nc2cccc3cccc(c23)N1. The molecule has 0 atom stereocenters. The van der Waals surface area contributed by atoms with E-state index in [1.54, 1.807) is 6.07 Å².